The van der Waals surface area contributed by atoms with E-state index in [9.17, 15) is 4.39 Å². The van der Waals surface area contributed by atoms with Crippen LogP contribution in [0.5, 0.6) is 0 Å². The number of guanidine groups is 1. The molecule has 122 valence electrons. The first-order chi connectivity index (χ1) is 10.6. The largest absolute Gasteiger partial charge is 0.376 e. The van der Waals surface area contributed by atoms with E-state index in [0.717, 1.165) is 31.6 Å². The van der Waals surface area contributed by atoms with Crippen molar-refractivity contribution in [3.8, 4) is 0 Å². The highest BCUT2D eigenvalue weighted by atomic mass is 19.1. The molecule has 1 atom stereocenters. The van der Waals surface area contributed by atoms with Gasteiger partial charge >= 0.3 is 0 Å². The van der Waals surface area contributed by atoms with Gasteiger partial charge in [-0.05, 0) is 30.5 Å². The van der Waals surface area contributed by atoms with Crippen LogP contribution in [0.1, 0.15) is 18.4 Å². The Labute approximate surface area is 131 Å². The van der Waals surface area contributed by atoms with Gasteiger partial charge in [0.1, 0.15) is 5.82 Å². The van der Waals surface area contributed by atoms with Crippen LogP contribution in [0.4, 0.5) is 10.1 Å². The van der Waals surface area contributed by atoms with Crippen molar-refractivity contribution in [3.05, 3.63) is 29.6 Å². The van der Waals surface area contributed by atoms with E-state index < -0.39 is 0 Å². The molecule has 1 unspecified atom stereocenters. The molecule has 6 heteroatoms. The van der Waals surface area contributed by atoms with Gasteiger partial charge in [0.25, 0.3) is 0 Å². The Kier molecular flexibility index (Phi) is 6.00. The van der Waals surface area contributed by atoms with E-state index in [0.29, 0.717) is 18.2 Å². The first kappa shape index (κ1) is 16.5. The van der Waals surface area contributed by atoms with Crippen LogP contribution in [0.3, 0.4) is 0 Å². The van der Waals surface area contributed by atoms with Crippen molar-refractivity contribution in [3.63, 3.8) is 0 Å². The lowest BCUT2D eigenvalue weighted by atomic mass is 10.2. The Balaban J connectivity index is 1.83. The molecule has 5 nitrogen and oxygen atoms in total. The number of benzene rings is 1. The van der Waals surface area contributed by atoms with E-state index in [1.807, 2.05) is 20.2 Å². The SMILES string of the molecule is CN=C(NCc1ccc(N(C)C)c(F)c1)NCC1CCCO1. The van der Waals surface area contributed by atoms with Crippen LogP contribution in [0.25, 0.3) is 0 Å². The maximum Gasteiger partial charge on any atom is 0.191 e. The number of hydrogen-bond donors (Lipinski definition) is 2. The Morgan fingerprint density at radius 1 is 1.41 bits per heavy atom. The van der Waals surface area contributed by atoms with Crippen LogP contribution in [0.2, 0.25) is 0 Å². The summed E-state index contributed by atoms with van der Waals surface area (Å²) in [5.74, 6) is 0.485. The Hall–Kier alpha value is -1.82. The van der Waals surface area contributed by atoms with Crippen LogP contribution in [-0.4, -0.2) is 46.4 Å². The molecule has 0 radical (unpaired) electrons. The molecule has 0 aliphatic carbocycles. The Morgan fingerprint density at radius 3 is 2.82 bits per heavy atom. The van der Waals surface area contributed by atoms with Gasteiger partial charge in [0.15, 0.2) is 5.96 Å². The average molecular weight is 308 g/mol. The highest BCUT2D eigenvalue weighted by molar-refractivity contribution is 5.79. The van der Waals surface area contributed by atoms with Crippen molar-refractivity contribution in [2.45, 2.75) is 25.5 Å². The van der Waals surface area contributed by atoms with E-state index in [4.69, 9.17) is 4.74 Å². The minimum Gasteiger partial charge on any atom is -0.376 e. The fourth-order valence-electron chi connectivity index (χ4n) is 2.45. The third-order valence-corrected chi connectivity index (χ3v) is 3.70. The number of anilines is 1. The van der Waals surface area contributed by atoms with Gasteiger partial charge in [0.2, 0.25) is 0 Å². The quantitative estimate of drug-likeness (QED) is 0.642. The number of nitrogens with one attached hydrogen (secondary N) is 2. The fraction of sp³-hybridized carbons (Fsp3) is 0.562. The van der Waals surface area contributed by atoms with Gasteiger partial charge in [-0.3, -0.25) is 4.99 Å². The van der Waals surface area contributed by atoms with E-state index in [2.05, 4.69) is 15.6 Å². The molecule has 1 aliphatic heterocycles. The summed E-state index contributed by atoms with van der Waals surface area (Å²) in [6.45, 7) is 2.11. The summed E-state index contributed by atoms with van der Waals surface area (Å²) in [5.41, 5.74) is 1.47. The highest BCUT2D eigenvalue weighted by Crippen LogP contribution is 2.18. The van der Waals surface area contributed by atoms with Gasteiger partial charge in [-0.25, -0.2) is 4.39 Å². The second-order valence-electron chi connectivity index (χ2n) is 5.62. The summed E-state index contributed by atoms with van der Waals surface area (Å²) < 4.78 is 19.5. The monoisotopic (exact) mass is 308 g/mol. The van der Waals surface area contributed by atoms with E-state index in [1.165, 1.54) is 0 Å². The van der Waals surface area contributed by atoms with Crippen molar-refractivity contribution in [1.82, 2.24) is 10.6 Å². The first-order valence-corrected chi connectivity index (χ1v) is 7.62. The molecule has 1 heterocycles. The van der Waals surface area contributed by atoms with Crippen LogP contribution in [0, 0.1) is 5.82 Å². The predicted octanol–water partition coefficient (Wildman–Crippen LogP) is 1.74. The second kappa shape index (κ2) is 7.98. The lowest BCUT2D eigenvalue weighted by Gasteiger charge is -2.16. The van der Waals surface area contributed by atoms with Crippen LogP contribution in [0.15, 0.2) is 23.2 Å². The summed E-state index contributed by atoms with van der Waals surface area (Å²) in [7, 11) is 5.38. The zero-order valence-corrected chi connectivity index (χ0v) is 13.5. The van der Waals surface area contributed by atoms with Crippen LogP contribution in [-0.2, 0) is 11.3 Å². The standard InChI is InChI=1S/C16H25FN4O/c1-18-16(20-11-13-5-4-8-22-13)19-10-12-6-7-15(21(2)3)14(17)9-12/h6-7,9,13H,4-5,8,10-11H2,1-3H3,(H2,18,19,20). The van der Waals surface area contributed by atoms with Gasteiger partial charge in [-0.15, -0.1) is 0 Å². The summed E-state index contributed by atoms with van der Waals surface area (Å²) >= 11 is 0. The van der Waals surface area contributed by atoms with Crippen molar-refractivity contribution in [1.29, 1.82) is 0 Å². The zero-order chi connectivity index (χ0) is 15.9. The first-order valence-electron chi connectivity index (χ1n) is 7.62. The van der Waals surface area contributed by atoms with Crippen molar-refractivity contribution in [2.24, 2.45) is 4.99 Å². The summed E-state index contributed by atoms with van der Waals surface area (Å²) in [6, 6.07) is 5.25. The number of aliphatic imine (C=N–C) groups is 1. The minimum atomic E-state index is -0.216. The van der Waals surface area contributed by atoms with Crippen LogP contribution < -0.4 is 15.5 Å². The zero-order valence-electron chi connectivity index (χ0n) is 13.5. The lowest BCUT2D eigenvalue weighted by Crippen LogP contribution is -2.40. The Morgan fingerprint density at radius 2 is 2.23 bits per heavy atom. The maximum absolute atomic E-state index is 13.9. The molecule has 0 bridgehead atoms. The minimum absolute atomic E-state index is 0.216. The van der Waals surface area contributed by atoms with Crippen LogP contribution >= 0.6 is 0 Å². The molecule has 1 saturated heterocycles. The summed E-state index contributed by atoms with van der Waals surface area (Å²) in [5, 5.41) is 6.43. The van der Waals surface area contributed by atoms with Gasteiger partial charge < -0.3 is 20.3 Å². The molecule has 2 N–H and O–H groups in total. The predicted molar refractivity (Wildman–Crippen MR) is 87.9 cm³/mol. The van der Waals surface area contributed by atoms with Gasteiger partial charge in [0.05, 0.1) is 11.8 Å². The number of nitrogens with zero attached hydrogens (tertiary/aromatic N) is 2. The number of rotatable bonds is 5. The highest BCUT2D eigenvalue weighted by Gasteiger charge is 2.15. The average Bonchev–Trinajstić information content (AvgIpc) is 3.00. The molecule has 0 saturated carbocycles. The molecule has 1 fully saturated rings. The van der Waals surface area contributed by atoms with Gasteiger partial charge in [-0.1, -0.05) is 6.07 Å². The van der Waals surface area contributed by atoms with Crippen molar-refractivity contribution < 1.29 is 9.13 Å². The summed E-state index contributed by atoms with van der Waals surface area (Å²) in [6.07, 6.45) is 2.47. The maximum atomic E-state index is 13.9. The van der Waals surface area contributed by atoms with Crippen molar-refractivity contribution in [2.75, 3.05) is 39.2 Å². The number of ether oxygens (including phenoxy) is 1. The molecule has 2 rings (SSSR count). The molecule has 1 aromatic rings. The molecule has 0 amide bonds. The molecule has 0 aromatic heterocycles. The van der Waals surface area contributed by atoms with Gasteiger partial charge in [-0.2, -0.15) is 0 Å². The molecule has 0 spiro atoms. The number of halogens is 1. The molecular formula is C16H25FN4O. The van der Waals surface area contributed by atoms with Crippen molar-refractivity contribution >= 4 is 11.6 Å². The molecular weight excluding hydrogens is 283 g/mol. The molecule has 1 aliphatic rings. The van der Waals surface area contributed by atoms with E-state index in [-0.39, 0.29) is 11.9 Å². The Bertz CT molecular complexity index is 513. The third-order valence-electron chi connectivity index (χ3n) is 3.70. The normalized spacial score (nSPS) is 18.4. The van der Waals surface area contributed by atoms with E-state index >= 15 is 0 Å². The number of hydrogen-bond acceptors (Lipinski definition) is 3. The molecule has 22 heavy (non-hydrogen) atoms. The van der Waals surface area contributed by atoms with Gasteiger partial charge in [0, 0.05) is 40.8 Å². The third kappa shape index (κ3) is 4.59. The van der Waals surface area contributed by atoms with E-state index in [1.54, 1.807) is 24.1 Å². The summed E-state index contributed by atoms with van der Waals surface area (Å²) in [4.78, 5) is 5.93. The fourth-order valence-corrected chi connectivity index (χ4v) is 2.45. The lowest BCUT2D eigenvalue weighted by molar-refractivity contribution is 0.114. The topological polar surface area (TPSA) is 48.9 Å². The molecule has 1 aromatic carbocycles. The smallest absolute Gasteiger partial charge is 0.191 e. The second-order valence-corrected chi connectivity index (χ2v) is 5.62.